The molecule has 2 aromatic rings. The third-order valence-corrected chi connectivity index (χ3v) is 10.7. The molecule has 33 heavy (non-hydrogen) atoms. The Balaban J connectivity index is 1.79. The number of fused-ring (bicyclic) bond motifs is 1. The molecule has 1 fully saturated rings. The standard InChI is InChI=1S/C22H35N5O5Si/c1-8-9-29-14-30-16-10-18(32-17(16)11-31-33(6,7)22(3,4)5)27-13-25-19-20(26-15(2)28)23-12-24-21(19)27/h8,12-13,16-18H,1,9-11,14H2,2-7H3,(H,23,24,26,28)/t16-,17+,18+/m0/s1. The maximum absolute atomic E-state index is 11.5. The van der Waals surface area contributed by atoms with Crippen molar-refractivity contribution in [3.8, 4) is 0 Å². The quantitative estimate of drug-likeness (QED) is 0.239. The van der Waals surface area contributed by atoms with Crippen LogP contribution in [0.25, 0.3) is 11.2 Å². The average molecular weight is 478 g/mol. The molecule has 182 valence electrons. The van der Waals surface area contributed by atoms with E-state index >= 15 is 0 Å². The first kappa shape index (κ1) is 25.4. The summed E-state index contributed by atoms with van der Waals surface area (Å²) in [6.07, 6.45) is 4.46. The fraction of sp³-hybridized carbons (Fsp3) is 0.636. The van der Waals surface area contributed by atoms with Gasteiger partial charge in [0.25, 0.3) is 0 Å². The minimum absolute atomic E-state index is 0.0893. The molecular weight excluding hydrogens is 442 g/mol. The molecule has 0 spiro atoms. The van der Waals surface area contributed by atoms with E-state index in [1.807, 2.05) is 4.57 Å². The summed E-state index contributed by atoms with van der Waals surface area (Å²) < 4.78 is 26.1. The van der Waals surface area contributed by atoms with Crippen LogP contribution in [0.2, 0.25) is 18.1 Å². The minimum Gasteiger partial charge on any atom is -0.414 e. The summed E-state index contributed by atoms with van der Waals surface area (Å²) in [5, 5.41) is 2.78. The van der Waals surface area contributed by atoms with Gasteiger partial charge in [0.05, 0.1) is 25.6 Å². The highest BCUT2D eigenvalue weighted by Crippen LogP contribution is 2.38. The van der Waals surface area contributed by atoms with Gasteiger partial charge in [-0.25, -0.2) is 15.0 Å². The van der Waals surface area contributed by atoms with Crippen molar-refractivity contribution in [1.82, 2.24) is 19.5 Å². The zero-order chi connectivity index (χ0) is 24.2. The second kappa shape index (κ2) is 10.4. The topological polar surface area (TPSA) is 110 Å². The van der Waals surface area contributed by atoms with Gasteiger partial charge >= 0.3 is 0 Å². The first-order valence-corrected chi connectivity index (χ1v) is 14.0. The van der Waals surface area contributed by atoms with Crippen molar-refractivity contribution < 1.29 is 23.4 Å². The van der Waals surface area contributed by atoms with E-state index in [0.29, 0.717) is 36.6 Å². The van der Waals surface area contributed by atoms with Gasteiger partial charge in [0, 0.05) is 13.3 Å². The fourth-order valence-corrected chi connectivity index (χ4v) is 4.31. The highest BCUT2D eigenvalue weighted by Gasteiger charge is 2.42. The van der Waals surface area contributed by atoms with Crippen LogP contribution < -0.4 is 5.32 Å². The van der Waals surface area contributed by atoms with Crippen molar-refractivity contribution in [3.63, 3.8) is 0 Å². The molecule has 1 aliphatic rings. The number of nitrogens with zero attached hydrogens (tertiary/aromatic N) is 4. The largest absolute Gasteiger partial charge is 0.414 e. The molecule has 0 unspecified atom stereocenters. The summed E-state index contributed by atoms with van der Waals surface area (Å²) in [6, 6.07) is 0. The summed E-state index contributed by atoms with van der Waals surface area (Å²) in [6.45, 7) is 17.1. The Kier molecular flexibility index (Phi) is 8.01. The number of rotatable bonds is 10. The fourth-order valence-electron chi connectivity index (χ4n) is 3.29. The van der Waals surface area contributed by atoms with Crippen LogP contribution in [0.4, 0.5) is 5.82 Å². The number of carbonyl (C=O) groups excluding carboxylic acids is 1. The number of carbonyl (C=O) groups is 1. The van der Waals surface area contributed by atoms with Crippen LogP contribution in [0, 0.1) is 0 Å². The lowest BCUT2D eigenvalue weighted by Crippen LogP contribution is -2.44. The van der Waals surface area contributed by atoms with E-state index in [4.69, 9.17) is 18.6 Å². The smallest absolute Gasteiger partial charge is 0.222 e. The minimum atomic E-state index is -1.96. The van der Waals surface area contributed by atoms with Gasteiger partial charge in [0.1, 0.15) is 25.5 Å². The van der Waals surface area contributed by atoms with Crippen molar-refractivity contribution in [2.75, 3.05) is 25.3 Å². The third-order valence-electron chi connectivity index (χ3n) is 6.16. The molecule has 11 heteroatoms. The molecule has 3 rings (SSSR count). The third kappa shape index (κ3) is 6.04. The van der Waals surface area contributed by atoms with Gasteiger partial charge in [-0.15, -0.1) is 6.58 Å². The van der Waals surface area contributed by atoms with Crippen LogP contribution in [0.1, 0.15) is 40.3 Å². The Morgan fingerprint density at radius 2 is 2.12 bits per heavy atom. The van der Waals surface area contributed by atoms with Crippen LogP contribution in [-0.4, -0.2) is 66.0 Å². The number of hydrogen-bond donors (Lipinski definition) is 1. The van der Waals surface area contributed by atoms with Gasteiger partial charge in [-0.05, 0) is 18.1 Å². The summed E-state index contributed by atoms with van der Waals surface area (Å²) in [5.74, 6) is 0.144. The lowest BCUT2D eigenvalue weighted by Gasteiger charge is -2.37. The van der Waals surface area contributed by atoms with E-state index in [1.165, 1.54) is 13.3 Å². The summed E-state index contributed by atoms with van der Waals surface area (Å²) in [7, 11) is -1.96. The number of hydrogen-bond acceptors (Lipinski definition) is 8. The molecule has 1 saturated heterocycles. The molecule has 0 radical (unpaired) electrons. The zero-order valence-electron chi connectivity index (χ0n) is 20.3. The Morgan fingerprint density at radius 1 is 1.36 bits per heavy atom. The number of imidazole rings is 1. The second-order valence-corrected chi connectivity index (χ2v) is 14.5. The molecule has 0 bridgehead atoms. The van der Waals surface area contributed by atoms with E-state index in [1.54, 1.807) is 12.4 Å². The highest BCUT2D eigenvalue weighted by atomic mass is 28.4. The normalized spacial score (nSPS) is 21.5. The number of anilines is 1. The van der Waals surface area contributed by atoms with Crippen LogP contribution in [0.15, 0.2) is 25.3 Å². The first-order chi connectivity index (χ1) is 15.5. The summed E-state index contributed by atoms with van der Waals surface area (Å²) in [4.78, 5) is 24.4. The Morgan fingerprint density at radius 3 is 2.79 bits per heavy atom. The number of ether oxygens (including phenoxy) is 3. The van der Waals surface area contributed by atoms with Gasteiger partial charge in [-0.3, -0.25) is 9.36 Å². The molecule has 3 atom stereocenters. The zero-order valence-corrected chi connectivity index (χ0v) is 21.3. The molecule has 2 aromatic heterocycles. The Labute approximate surface area is 195 Å². The van der Waals surface area contributed by atoms with Crippen LogP contribution in [-0.2, 0) is 23.4 Å². The molecule has 10 nitrogen and oxygen atoms in total. The molecule has 3 heterocycles. The van der Waals surface area contributed by atoms with Crippen LogP contribution in [0.3, 0.4) is 0 Å². The van der Waals surface area contributed by atoms with Crippen LogP contribution >= 0.6 is 0 Å². The van der Waals surface area contributed by atoms with Gasteiger partial charge < -0.3 is 24.0 Å². The molecule has 0 aliphatic carbocycles. The number of nitrogens with one attached hydrogen (secondary N) is 1. The lowest BCUT2D eigenvalue weighted by molar-refractivity contribution is -0.114. The van der Waals surface area contributed by atoms with E-state index in [2.05, 4.69) is 60.7 Å². The monoisotopic (exact) mass is 477 g/mol. The molecule has 0 aromatic carbocycles. The number of aromatic nitrogens is 4. The summed E-state index contributed by atoms with van der Waals surface area (Å²) in [5.41, 5.74) is 1.08. The Hall–Kier alpha value is -2.18. The Bertz CT molecular complexity index is 974. The van der Waals surface area contributed by atoms with E-state index in [0.717, 1.165) is 0 Å². The molecule has 1 amide bonds. The number of amides is 1. The van der Waals surface area contributed by atoms with Gasteiger partial charge in [-0.1, -0.05) is 26.8 Å². The van der Waals surface area contributed by atoms with Crippen molar-refractivity contribution in [1.29, 1.82) is 0 Å². The van der Waals surface area contributed by atoms with Crippen molar-refractivity contribution in [2.24, 2.45) is 0 Å². The predicted octanol–water partition coefficient (Wildman–Crippen LogP) is 3.64. The SMILES string of the molecule is C=CCOCO[C@H]1C[C@H](n2cnc3c(NC(C)=O)ncnc32)O[C@@H]1CO[Si](C)(C)C(C)(C)C. The van der Waals surface area contributed by atoms with Crippen molar-refractivity contribution >= 4 is 31.2 Å². The summed E-state index contributed by atoms with van der Waals surface area (Å²) >= 11 is 0. The van der Waals surface area contributed by atoms with Gasteiger partial charge in [-0.2, -0.15) is 0 Å². The van der Waals surface area contributed by atoms with E-state index in [-0.39, 0.29) is 36.2 Å². The second-order valence-electron chi connectivity index (χ2n) is 9.65. The van der Waals surface area contributed by atoms with Crippen molar-refractivity contribution in [2.45, 2.75) is 70.7 Å². The first-order valence-electron chi connectivity index (χ1n) is 11.1. The predicted molar refractivity (Wildman–Crippen MR) is 127 cm³/mol. The molecule has 1 aliphatic heterocycles. The van der Waals surface area contributed by atoms with E-state index < -0.39 is 8.32 Å². The average Bonchev–Trinajstić information content (AvgIpc) is 3.33. The van der Waals surface area contributed by atoms with Crippen LogP contribution in [0.5, 0.6) is 0 Å². The molecule has 1 N–H and O–H groups in total. The van der Waals surface area contributed by atoms with Gasteiger partial charge in [0.15, 0.2) is 25.3 Å². The maximum atomic E-state index is 11.5. The van der Waals surface area contributed by atoms with Gasteiger partial charge in [0.2, 0.25) is 5.91 Å². The molecule has 0 saturated carbocycles. The van der Waals surface area contributed by atoms with E-state index in [9.17, 15) is 4.79 Å². The highest BCUT2D eigenvalue weighted by molar-refractivity contribution is 6.74. The van der Waals surface area contributed by atoms with Crippen molar-refractivity contribution in [3.05, 3.63) is 25.3 Å². The molecular formula is C22H35N5O5Si. The maximum Gasteiger partial charge on any atom is 0.222 e. The lowest BCUT2D eigenvalue weighted by atomic mass is 10.2.